The quantitative estimate of drug-likeness (QED) is 0.478. The maximum Gasteiger partial charge on any atom is 0.162 e. The van der Waals surface area contributed by atoms with Crippen LogP contribution in [0.3, 0.4) is 0 Å². The standard InChI is InChI=1S/C21H22N8O/c1-14-10-23-6-7-28(14)15-8-16(12-24-11-15)29-19-9-17(30)2-3-18(19)21(27-29)26-20-13-22-4-5-25-20/h2-5,8-9,11-14,23,30H,6-7,10H2,1H3,(H,25,26,27)/t14-/m0/s1. The zero-order valence-corrected chi connectivity index (χ0v) is 16.5. The van der Waals surface area contributed by atoms with E-state index in [0.717, 1.165) is 41.9 Å². The Kier molecular flexibility index (Phi) is 4.64. The van der Waals surface area contributed by atoms with Crippen molar-refractivity contribution in [2.24, 2.45) is 0 Å². The Morgan fingerprint density at radius 3 is 2.83 bits per heavy atom. The highest BCUT2D eigenvalue weighted by Gasteiger charge is 2.20. The van der Waals surface area contributed by atoms with Gasteiger partial charge in [-0.2, -0.15) is 0 Å². The molecule has 5 rings (SSSR count). The van der Waals surface area contributed by atoms with Gasteiger partial charge in [0.15, 0.2) is 5.82 Å². The second-order valence-corrected chi connectivity index (χ2v) is 7.33. The van der Waals surface area contributed by atoms with Gasteiger partial charge in [0.05, 0.1) is 35.5 Å². The van der Waals surface area contributed by atoms with Gasteiger partial charge in [-0.05, 0) is 25.1 Å². The highest BCUT2D eigenvalue weighted by Crippen LogP contribution is 2.31. The fourth-order valence-corrected chi connectivity index (χ4v) is 3.79. The monoisotopic (exact) mass is 402 g/mol. The first-order valence-electron chi connectivity index (χ1n) is 9.86. The van der Waals surface area contributed by atoms with Crippen molar-refractivity contribution < 1.29 is 5.11 Å². The summed E-state index contributed by atoms with van der Waals surface area (Å²) in [4.78, 5) is 15.2. The lowest BCUT2D eigenvalue weighted by Crippen LogP contribution is -2.50. The number of aromatic nitrogens is 5. The number of phenolic OH excluding ortho intramolecular Hbond substituents is 1. The molecule has 9 heteroatoms. The molecule has 4 heterocycles. The van der Waals surface area contributed by atoms with Crippen molar-refractivity contribution in [2.75, 3.05) is 29.9 Å². The first kappa shape index (κ1) is 18.3. The Labute approximate surface area is 173 Å². The van der Waals surface area contributed by atoms with Crippen LogP contribution in [-0.2, 0) is 0 Å². The van der Waals surface area contributed by atoms with Gasteiger partial charge in [0, 0.05) is 49.5 Å². The molecule has 0 bridgehead atoms. The van der Waals surface area contributed by atoms with E-state index in [-0.39, 0.29) is 5.75 Å². The predicted molar refractivity (Wildman–Crippen MR) is 116 cm³/mol. The Bertz CT molecular complexity index is 1180. The summed E-state index contributed by atoms with van der Waals surface area (Å²) in [6, 6.07) is 7.64. The minimum absolute atomic E-state index is 0.176. The minimum atomic E-state index is 0.176. The summed E-state index contributed by atoms with van der Waals surface area (Å²) in [6.07, 6.45) is 8.54. The smallest absolute Gasteiger partial charge is 0.162 e. The fourth-order valence-electron chi connectivity index (χ4n) is 3.79. The van der Waals surface area contributed by atoms with Crippen LogP contribution in [0.4, 0.5) is 17.3 Å². The molecule has 4 aromatic rings. The van der Waals surface area contributed by atoms with Crippen molar-refractivity contribution in [3.8, 4) is 11.4 Å². The van der Waals surface area contributed by atoms with Crippen molar-refractivity contribution in [3.05, 3.63) is 55.2 Å². The zero-order chi connectivity index (χ0) is 20.5. The van der Waals surface area contributed by atoms with Crippen LogP contribution >= 0.6 is 0 Å². The van der Waals surface area contributed by atoms with Crippen molar-refractivity contribution >= 4 is 28.2 Å². The average molecular weight is 402 g/mol. The number of nitrogens with zero attached hydrogens (tertiary/aromatic N) is 6. The summed E-state index contributed by atoms with van der Waals surface area (Å²) in [6.45, 7) is 5.00. The maximum absolute atomic E-state index is 10.1. The molecule has 3 aromatic heterocycles. The third-order valence-corrected chi connectivity index (χ3v) is 5.26. The van der Waals surface area contributed by atoms with Crippen LogP contribution in [0.25, 0.3) is 16.6 Å². The molecule has 30 heavy (non-hydrogen) atoms. The molecule has 0 saturated carbocycles. The van der Waals surface area contributed by atoms with E-state index in [9.17, 15) is 5.11 Å². The van der Waals surface area contributed by atoms with Gasteiger partial charge >= 0.3 is 0 Å². The Morgan fingerprint density at radius 1 is 1.10 bits per heavy atom. The number of phenols is 1. The van der Waals surface area contributed by atoms with Gasteiger partial charge in [-0.3, -0.25) is 9.97 Å². The Morgan fingerprint density at radius 2 is 2.00 bits per heavy atom. The molecule has 0 aliphatic carbocycles. The average Bonchev–Trinajstić information content (AvgIpc) is 3.12. The van der Waals surface area contributed by atoms with Crippen LogP contribution < -0.4 is 15.5 Å². The summed E-state index contributed by atoms with van der Waals surface area (Å²) >= 11 is 0. The molecule has 1 atom stereocenters. The fraction of sp³-hybridized carbons (Fsp3) is 0.238. The third-order valence-electron chi connectivity index (χ3n) is 5.26. The Balaban J connectivity index is 1.59. The first-order valence-corrected chi connectivity index (χ1v) is 9.86. The summed E-state index contributed by atoms with van der Waals surface area (Å²) in [5.41, 5.74) is 2.64. The van der Waals surface area contributed by atoms with Crippen LogP contribution in [0.1, 0.15) is 6.92 Å². The molecule has 1 aliphatic rings. The molecule has 1 fully saturated rings. The molecule has 152 valence electrons. The minimum Gasteiger partial charge on any atom is -0.508 e. The van der Waals surface area contributed by atoms with E-state index in [4.69, 9.17) is 5.10 Å². The zero-order valence-electron chi connectivity index (χ0n) is 16.5. The summed E-state index contributed by atoms with van der Waals surface area (Å²) in [7, 11) is 0. The van der Waals surface area contributed by atoms with Crippen molar-refractivity contribution in [1.82, 2.24) is 30.0 Å². The molecule has 1 aliphatic heterocycles. The van der Waals surface area contributed by atoms with Gasteiger partial charge in [0.25, 0.3) is 0 Å². The lowest BCUT2D eigenvalue weighted by Gasteiger charge is -2.35. The number of pyridine rings is 1. The van der Waals surface area contributed by atoms with Crippen molar-refractivity contribution in [3.63, 3.8) is 0 Å². The highest BCUT2D eigenvalue weighted by molar-refractivity contribution is 5.93. The molecule has 0 amide bonds. The number of aromatic hydroxyl groups is 1. The highest BCUT2D eigenvalue weighted by atomic mass is 16.3. The summed E-state index contributed by atoms with van der Waals surface area (Å²) in [5, 5.41) is 22.3. The van der Waals surface area contributed by atoms with Crippen LogP contribution in [0, 0.1) is 0 Å². The van der Waals surface area contributed by atoms with Gasteiger partial charge in [0.2, 0.25) is 0 Å². The molecule has 0 radical (unpaired) electrons. The van der Waals surface area contributed by atoms with E-state index in [1.54, 1.807) is 41.6 Å². The van der Waals surface area contributed by atoms with Crippen molar-refractivity contribution in [1.29, 1.82) is 0 Å². The number of rotatable bonds is 4. The number of piperazine rings is 1. The predicted octanol–water partition coefficient (Wildman–Crippen LogP) is 2.46. The molecule has 0 spiro atoms. The van der Waals surface area contributed by atoms with Crippen LogP contribution in [-0.4, -0.2) is 55.5 Å². The number of hydrogen-bond donors (Lipinski definition) is 3. The number of fused-ring (bicyclic) bond motifs is 1. The maximum atomic E-state index is 10.1. The summed E-state index contributed by atoms with van der Waals surface area (Å²) in [5.74, 6) is 1.40. The van der Waals surface area contributed by atoms with Crippen LogP contribution in [0.15, 0.2) is 55.2 Å². The molecular weight excluding hydrogens is 380 g/mol. The van der Waals surface area contributed by atoms with Gasteiger partial charge in [-0.25, -0.2) is 9.67 Å². The normalized spacial score (nSPS) is 16.7. The molecule has 1 aromatic carbocycles. The number of benzene rings is 1. The number of hydrogen-bond acceptors (Lipinski definition) is 8. The van der Waals surface area contributed by atoms with Crippen LogP contribution in [0.2, 0.25) is 0 Å². The second kappa shape index (κ2) is 7.60. The van der Waals surface area contributed by atoms with E-state index in [2.05, 4.69) is 43.5 Å². The van der Waals surface area contributed by atoms with Gasteiger partial charge in [-0.15, -0.1) is 5.10 Å². The van der Waals surface area contributed by atoms with Gasteiger partial charge in [-0.1, -0.05) is 0 Å². The molecule has 1 saturated heterocycles. The lowest BCUT2D eigenvalue weighted by atomic mass is 10.2. The van der Waals surface area contributed by atoms with E-state index in [0.29, 0.717) is 17.7 Å². The van der Waals surface area contributed by atoms with E-state index < -0.39 is 0 Å². The number of nitrogens with one attached hydrogen (secondary N) is 2. The topological polar surface area (TPSA) is 104 Å². The number of anilines is 3. The molecular formula is C21H22N8O. The van der Waals surface area contributed by atoms with E-state index >= 15 is 0 Å². The second-order valence-electron chi connectivity index (χ2n) is 7.33. The molecule has 3 N–H and O–H groups in total. The lowest BCUT2D eigenvalue weighted by molar-refractivity contribution is 0.476. The van der Waals surface area contributed by atoms with E-state index in [1.807, 2.05) is 12.3 Å². The molecule has 9 nitrogen and oxygen atoms in total. The van der Waals surface area contributed by atoms with E-state index in [1.165, 1.54) is 0 Å². The van der Waals surface area contributed by atoms with Gasteiger partial charge < -0.3 is 20.6 Å². The van der Waals surface area contributed by atoms with Crippen molar-refractivity contribution in [2.45, 2.75) is 13.0 Å². The Hall–Kier alpha value is -3.72. The first-order chi connectivity index (χ1) is 14.7. The third kappa shape index (κ3) is 3.39. The van der Waals surface area contributed by atoms with Gasteiger partial charge in [0.1, 0.15) is 11.6 Å². The SMILES string of the molecule is C[C@H]1CNCCN1c1cncc(-n2nc(Nc3cnccn3)c3ccc(O)cc32)c1. The largest absolute Gasteiger partial charge is 0.508 e. The molecule has 0 unspecified atom stereocenters. The van der Waals surface area contributed by atoms with Crippen LogP contribution in [0.5, 0.6) is 5.75 Å². The summed E-state index contributed by atoms with van der Waals surface area (Å²) < 4.78 is 1.79.